The minimum atomic E-state index is -3.58. The van der Waals surface area contributed by atoms with Crippen LogP contribution in [0.2, 0.25) is 0 Å². The van der Waals surface area contributed by atoms with Crippen LogP contribution >= 0.6 is 23.8 Å². The second-order valence-electron chi connectivity index (χ2n) is 3.52. The van der Waals surface area contributed by atoms with Gasteiger partial charge in [0.05, 0.1) is 19.8 Å². The maximum Gasteiger partial charge on any atom is 0.475 e. The minimum Gasteiger partial charge on any atom is -0.283 e. The number of phosphoric acid groups is 1. The molecule has 0 aromatic heterocycles. The Hall–Kier alpha value is -0.710. The second kappa shape index (κ2) is 8.46. The van der Waals surface area contributed by atoms with Crippen molar-refractivity contribution in [3.8, 4) is 0 Å². The fourth-order valence-electron chi connectivity index (χ4n) is 1.13. The first-order valence-corrected chi connectivity index (χ1v) is 7.85. The van der Waals surface area contributed by atoms with Gasteiger partial charge in [0.2, 0.25) is 0 Å². The van der Waals surface area contributed by atoms with Gasteiger partial charge in [-0.2, -0.15) is 0 Å². The smallest absolute Gasteiger partial charge is 0.283 e. The van der Waals surface area contributed by atoms with Gasteiger partial charge in [0.15, 0.2) is 0 Å². The van der Waals surface area contributed by atoms with Crippen molar-refractivity contribution < 1.29 is 18.1 Å². The normalized spacial score (nSPS) is 11.2. The van der Waals surface area contributed by atoms with Gasteiger partial charge in [0, 0.05) is 4.47 Å². The van der Waals surface area contributed by atoms with Crippen molar-refractivity contribution in [1.29, 1.82) is 0 Å². The molecule has 0 fully saturated rings. The van der Waals surface area contributed by atoms with Crippen LogP contribution in [-0.2, 0) is 24.7 Å². The SMILES string of the molecule is C=CCOP(=O)(OCC=C)OCc1ccc(Br)cc1. The summed E-state index contributed by atoms with van der Waals surface area (Å²) < 4.78 is 28.5. The summed E-state index contributed by atoms with van der Waals surface area (Å²) >= 11 is 3.34. The zero-order valence-electron chi connectivity index (χ0n) is 10.5. The number of phosphoric ester groups is 1. The van der Waals surface area contributed by atoms with E-state index in [1.165, 1.54) is 12.2 Å². The molecule has 104 valence electrons. The predicted octanol–water partition coefficient (Wildman–Crippen LogP) is 4.48. The standard InChI is InChI=1S/C13H16BrO4P/c1-3-9-16-19(15,17-10-4-2)18-11-12-5-7-13(14)8-6-12/h3-8H,1-2,9-11H2. The molecule has 0 saturated heterocycles. The molecule has 0 saturated carbocycles. The highest BCUT2D eigenvalue weighted by Gasteiger charge is 2.25. The van der Waals surface area contributed by atoms with Crippen LogP contribution in [0.1, 0.15) is 5.56 Å². The lowest BCUT2D eigenvalue weighted by Crippen LogP contribution is -2.01. The molecule has 0 amide bonds. The molecule has 1 aromatic rings. The number of benzene rings is 1. The van der Waals surface area contributed by atoms with Gasteiger partial charge in [0.25, 0.3) is 0 Å². The van der Waals surface area contributed by atoms with Crippen molar-refractivity contribution in [1.82, 2.24) is 0 Å². The first-order chi connectivity index (χ1) is 9.09. The van der Waals surface area contributed by atoms with Crippen molar-refractivity contribution in [2.75, 3.05) is 13.2 Å². The van der Waals surface area contributed by atoms with Gasteiger partial charge in [-0.1, -0.05) is 40.2 Å². The molecule has 0 spiro atoms. The zero-order valence-corrected chi connectivity index (χ0v) is 12.9. The molecular formula is C13H16BrO4P. The predicted molar refractivity (Wildman–Crippen MR) is 78.8 cm³/mol. The van der Waals surface area contributed by atoms with E-state index < -0.39 is 7.82 Å². The zero-order chi connectivity index (χ0) is 14.1. The van der Waals surface area contributed by atoms with E-state index in [2.05, 4.69) is 29.1 Å². The summed E-state index contributed by atoms with van der Waals surface area (Å²) in [5, 5.41) is 0. The summed E-state index contributed by atoms with van der Waals surface area (Å²) in [6, 6.07) is 7.46. The van der Waals surface area contributed by atoms with Crippen LogP contribution in [0.15, 0.2) is 54.0 Å². The third-order valence-corrected chi connectivity index (χ3v) is 3.91. The lowest BCUT2D eigenvalue weighted by Gasteiger charge is -2.16. The van der Waals surface area contributed by atoms with Gasteiger partial charge >= 0.3 is 7.82 Å². The highest BCUT2D eigenvalue weighted by molar-refractivity contribution is 9.10. The van der Waals surface area contributed by atoms with Crippen LogP contribution in [0, 0.1) is 0 Å². The third-order valence-electron chi connectivity index (χ3n) is 2.00. The number of hydrogen-bond donors (Lipinski definition) is 0. The Labute approximate surface area is 121 Å². The molecule has 0 N–H and O–H groups in total. The third kappa shape index (κ3) is 6.32. The lowest BCUT2D eigenvalue weighted by atomic mass is 10.2. The Balaban J connectivity index is 2.60. The van der Waals surface area contributed by atoms with Crippen LogP contribution < -0.4 is 0 Å². The largest absolute Gasteiger partial charge is 0.475 e. The molecule has 0 aliphatic rings. The van der Waals surface area contributed by atoms with Gasteiger partial charge in [-0.05, 0) is 17.7 Å². The lowest BCUT2D eigenvalue weighted by molar-refractivity contribution is 0.125. The Kier molecular flexibility index (Phi) is 7.28. The van der Waals surface area contributed by atoms with Gasteiger partial charge < -0.3 is 0 Å². The van der Waals surface area contributed by atoms with Gasteiger partial charge in [-0.3, -0.25) is 13.6 Å². The Bertz CT molecular complexity index is 442. The van der Waals surface area contributed by atoms with Crippen molar-refractivity contribution in [3.05, 3.63) is 59.6 Å². The summed E-state index contributed by atoms with van der Waals surface area (Å²) in [5.41, 5.74) is 0.868. The van der Waals surface area contributed by atoms with E-state index >= 15 is 0 Å². The average Bonchev–Trinajstić information content (AvgIpc) is 2.43. The van der Waals surface area contributed by atoms with E-state index in [0.717, 1.165) is 10.0 Å². The topological polar surface area (TPSA) is 44.8 Å². The monoisotopic (exact) mass is 346 g/mol. The Morgan fingerprint density at radius 1 is 1.05 bits per heavy atom. The van der Waals surface area contributed by atoms with E-state index in [1.807, 2.05) is 24.3 Å². The molecule has 6 heteroatoms. The van der Waals surface area contributed by atoms with E-state index in [1.54, 1.807) is 0 Å². The summed E-state index contributed by atoms with van der Waals surface area (Å²) in [7, 11) is -3.58. The van der Waals surface area contributed by atoms with Crippen LogP contribution in [0.4, 0.5) is 0 Å². The van der Waals surface area contributed by atoms with E-state index in [0.29, 0.717) is 0 Å². The Morgan fingerprint density at radius 2 is 1.58 bits per heavy atom. The van der Waals surface area contributed by atoms with Crippen LogP contribution in [0.5, 0.6) is 0 Å². The van der Waals surface area contributed by atoms with Crippen molar-refractivity contribution >= 4 is 23.8 Å². The maximum atomic E-state index is 12.2. The van der Waals surface area contributed by atoms with Gasteiger partial charge in [-0.25, -0.2) is 4.57 Å². The molecule has 0 aliphatic heterocycles. The molecule has 19 heavy (non-hydrogen) atoms. The molecule has 1 aromatic carbocycles. The minimum absolute atomic E-state index is 0.0920. The van der Waals surface area contributed by atoms with Gasteiger partial charge in [-0.15, -0.1) is 13.2 Å². The summed E-state index contributed by atoms with van der Waals surface area (Å²) in [5.74, 6) is 0. The summed E-state index contributed by atoms with van der Waals surface area (Å²) in [4.78, 5) is 0. The van der Waals surface area contributed by atoms with Crippen LogP contribution in [0.25, 0.3) is 0 Å². The maximum absolute atomic E-state index is 12.2. The molecule has 0 aliphatic carbocycles. The molecular weight excluding hydrogens is 331 g/mol. The molecule has 1 rings (SSSR count). The summed E-state index contributed by atoms with van der Waals surface area (Å²) in [6.07, 6.45) is 2.96. The highest BCUT2D eigenvalue weighted by Crippen LogP contribution is 2.50. The number of halogens is 1. The molecule has 0 atom stereocenters. The molecule has 0 heterocycles. The molecule has 0 radical (unpaired) electrons. The van der Waals surface area contributed by atoms with Crippen LogP contribution in [-0.4, -0.2) is 13.2 Å². The summed E-state index contributed by atoms with van der Waals surface area (Å²) in [6.45, 7) is 7.30. The fourth-order valence-corrected chi connectivity index (χ4v) is 2.51. The quantitative estimate of drug-likeness (QED) is 0.488. The van der Waals surface area contributed by atoms with E-state index in [9.17, 15) is 4.57 Å². The average molecular weight is 347 g/mol. The first kappa shape index (κ1) is 16.3. The van der Waals surface area contributed by atoms with E-state index in [4.69, 9.17) is 13.6 Å². The molecule has 0 bridgehead atoms. The van der Waals surface area contributed by atoms with Crippen molar-refractivity contribution in [2.45, 2.75) is 6.61 Å². The van der Waals surface area contributed by atoms with Crippen LogP contribution in [0.3, 0.4) is 0 Å². The molecule has 0 unspecified atom stereocenters. The highest BCUT2D eigenvalue weighted by atomic mass is 79.9. The van der Waals surface area contributed by atoms with Crippen molar-refractivity contribution in [2.24, 2.45) is 0 Å². The molecule has 4 nitrogen and oxygen atoms in total. The first-order valence-electron chi connectivity index (χ1n) is 5.59. The number of hydrogen-bond acceptors (Lipinski definition) is 4. The second-order valence-corrected chi connectivity index (χ2v) is 6.10. The van der Waals surface area contributed by atoms with Crippen molar-refractivity contribution in [3.63, 3.8) is 0 Å². The fraction of sp³-hybridized carbons (Fsp3) is 0.231. The number of rotatable bonds is 9. The van der Waals surface area contributed by atoms with E-state index in [-0.39, 0.29) is 19.8 Å². The Morgan fingerprint density at radius 3 is 2.05 bits per heavy atom. The van der Waals surface area contributed by atoms with Gasteiger partial charge in [0.1, 0.15) is 0 Å².